The maximum Gasteiger partial charge on any atom is 0.220 e. The van der Waals surface area contributed by atoms with Crippen LogP contribution in [0, 0.1) is 11.8 Å². The van der Waals surface area contributed by atoms with Gasteiger partial charge in [0.2, 0.25) is 5.91 Å². The van der Waals surface area contributed by atoms with E-state index in [1.807, 2.05) is 0 Å². The minimum atomic E-state index is -0.126. The van der Waals surface area contributed by atoms with E-state index in [4.69, 9.17) is 0 Å². The fourth-order valence-corrected chi connectivity index (χ4v) is 4.34. The second-order valence-corrected chi connectivity index (χ2v) is 8.00. The lowest BCUT2D eigenvalue weighted by molar-refractivity contribution is -0.121. The number of fused-ring (bicyclic) bond motifs is 1. The van der Waals surface area contributed by atoms with Crippen LogP contribution in [-0.2, 0) is 22.6 Å². The van der Waals surface area contributed by atoms with Gasteiger partial charge in [-0.25, -0.2) is 0 Å². The van der Waals surface area contributed by atoms with Crippen molar-refractivity contribution >= 4 is 12.2 Å². The summed E-state index contributed by atoms with van der Waals surface area (Å²) in [6, 6.07) is 8.53. The van der Waals surface area contributed by atoms with E-state index in [0.29, 0.717) is 13.0 Å². The Morgan fingerprint density at radius 2 is 1.96 bits per heavy atom. The summed E-state index contributed by atoms with van der Waals surface area (Å²) in [4.78, 5) is 25.9. The molecule has 0 unspecified atom stereocenters. The molecule has 4 nitrogen and oxygen atoms in total. The molecule has 1 atom stereocenters. The summed E-state index contributed by atoms with van der Waals surface area (Å²) < 4.78 is 0. The van der Waals surface area contributed by atoms with Crippen molar-refractivity contribution < 1.29 is 9.59 Å². The van der Waals surface area contributed by atoms with Crippen LogP contribution in [0.4, 0.5) is 0 Å². The highest BCUT2D eigenvalue weighted by atomic mass is 16.1. The zero-order valence-corrected chi connectivity index (χ0v) is 15.8. The number of nitrogens with zero attached hydrogens (tertiary/aromatic N) is 1. The van der Waals surface area contributed by atoms with Crippen molar-refractivity contribution in [2.24, 2.45) is 11.8 Å². The fraction of sp³-hybridized carbons (Fsp3) is 0.636. The number of nitrogens with one attached hydrogen (secondary N) is 1. The fourth-order valence-electron chi connectivity index (χ4n) is 4.34. The normalized spacial score (nSPS) is 19.5. The molecule has 0 spiro atoms. The average Bonchev–Trinajstić information content (AvgIpc) is 2.70. The van der Waals surface area contributed by atoms with Gasteiger partial charge in [0, 0.05) is 38.5 Å². The second-order valence-electron chi connectivity index (χ2n) is 8.00. The average molecular weight is 357 g/mol. The van der Waals surface area contributed by atoms with E-state index >= 15 is 0 Å². The number of rotatable bonds is 8. The van der Waals surface area contributed by atoms with E-state index in [9.17, 15) is 9.59 Å². The topological polar surface area (TPSA) is 49.4 Å². The van der Waals surface area contributed by atoms with E-state index in [1.54, 1.807) is 0 Å². The standard InChI is InChI=1S/C22H32N2O2/c25-17-19(14-23-22(26)11-10-18-6-2-1-3-7-18)15-24-13-12-20-8-4-5-9-21(20)16-24/h4-5,8-9,17-19H,1-3,6-7,10-16H2,(H,23,26)/t19-/m0/s1. The van der Waals surface area contributed by atoms with Crippen molar-refractivity contribution in [2.45, 2.75) is 57.9 Å². The van der Waals surface area contributed by atoms with Gasteiger partial charge < -0.3 is 10.1 Å². The number of benzene rings is 1. The van der Waals surface area contributed by atoms with Gasteiger partial charge in [-0.1, -0.05) is 56.4 Å². The predicted molar refractivity (Wildman–Crippen MR) is 104 cm³/mol. The zero-order chi connectivity index (χ0) is 18.2. The van der Waals surface area contributed by atoms with Gasteiger partial charge in [-0.2, -0.15) is 0 Å². The van der Waals surface area contributed by atoms with E-state index in [-0.39, 0.29) is 11.8 Å². The van der Waals surface area contributed by atoms with E-state index < -0.39 is 0 Å². The molecule has 1 fully saturated rings. The second kappa shape index (κ2) is 9.86. The van der Waals surface area contributed by atoms with Gasteiger partial charge in [0.05, 0.1) is 0 Å². The van der Waals surface area contributed by atoms with Crippen LogP contribution in [-0.4, -0.2) is 36.7 Å². The van der Waals surface area contributed by atoms with E-state index in [0.717, 1.165) is 44.7 Å². The van der Waals surface area contributed by atoms with Crippen molar-refractivity contribution in [3.05, 3.63) is 35.4 Å². The molecule has 1 amide bonds. The van der Waals surface area contributed by atoms with Gasteiger partial charge in [-0.05, 0) is 29.9 Å². The van der Waals surface area contributed by atoms with Gasteiger partial charge in [0.15, 0.2) is 0 Å². The Morgan fingerprint density at radius 1 is 1.19 bits per heavy atom. The molecule has 1 heterocycles. The van der Waals surface area contributed by atoms with Crippen LogP contribution in [0.1, 0.15) is 56.1 Å². The molecule has 1 aliphatic carbocycles. The molecule has 0 radical (unpaired) electrons. The summed E-state index contributed by atoms with van der Waals surface area (Å²) >= 11 is 0. The first-order valence-corrected chi connectivity index (χ1v) is 10.3. The quantitative estimate of drug-likeness (QED) is 0.727. The number of amides is 1. The zero-order valence-electron chi connectivity index (χ0n) is 15.8. The molecule has 1 saturated carbocycles. The molecule has 1 N–H and O–H groups in total. The van der Waals surface area contributed by atoms with Crippen molar-refractivity contribution in [3.8, 4) is 0 Å². The summed E-state index contributed by atoms with van der Waals surface area (Å²) in [5.41, 5.74) is 2.78. The Hall–Kier alpha value is -1.68. The molecule has 0 saturated heterocycles. The Bertz CT molecular complexity index is 596. The first-order valence-electron chi connectivity index (χ1n) is 10.3. The molecule has 3 rings (SSSR count). The molecular weight excluding hydrogens is 324 g/mol. The first kappa shape index (κ1) is 19.1. The minimum Gasteiger partial charge on any atom is -0.355 e. The van der Waals surface area contributed by atoms with Crippen molar-refractivity contribution in [1.82, 2.24) is 10.2 Å². The first-order chi connectivity index (χ1) is 12.7. The Labute approximate surface area is 157 Å². The summed E-state index contributed by atoms with van der Waals surface area (Å²) in [7, 11) is 0. The van der Waals surface area contributed by atoms with Crippen molar-refractivity contribution in [2.75, 3.05) is 19.6 Å². The van der Waals surface area contributed by atoms with Crippen LogP contribution in [0.25, 0.3) is 0 Å². The summed E-state index contributed by atoms with van der Waals surface area (Å²) in [5, 5.41) is 2.99. The maximum absolute atomic E-state index is 12.1. The lowest BCUT2D eigenvalue weighted by Gasteiger charge is -2.30. The lowest BCUT2D eigenvalue weighted by Crippen LogP contribution is -2.39. The summed E-state index contributed by atoms with van der Waals surface area (Å²) in [6.07, 6.45) is 10.2. The van der Waals surface area contributed by atoms with Crippen molar-refractivity contribution in [1.29, 1.82) is 0 Å². The lowest BCUT2D eigenvalue weighted by atomic mass is 9.86. The highest BCUT2D eigenvalue weighted by Crippen LogP contribution is 2.27. The molecular formula is C22H32N2O2. The van der Waals surface area contributed by atoms with Gasteiger partial charge in [0.1, 0.15) is 6.29 Å². The molecule has 1 aromatic rings. The van der Waals surface area contributed by atoms with E-state index in [2.05, 4.69) is 34.5 Å². The van der Waals surface area contributed by atoms with Crippen LogP contribution in [0.15, 0.2) is 24.3 Å². The third-order valence-corrected chi connectivity index (χ3v) is 5.96. The number of aldehydes is 1. The van der Waals surface area contributed by atoms with Gasteiger partial charge in [-0.15, -0.1) is 0 Å². The molecule has 142 valence electrons. The number of carbonyl (C=O) groups is 2. The van der Waals surface area contributed by atoms with Crippen LogP contribution >= 0.6 is 0 Å². The van der Waals surface area contributed by atoms with Gasteiger partial charge >= 0.3 is 0 Å². The van der Waals surface area contributed by atoms with Crippen LogP contribution in [0.3, 0.4) is 0 Å². The van der Waals surface area contributed by atoms with Crippen LogP contribution in [0.2, 0.25) is 0 Å². The summed E-state index contributed by atoms with van der Waals surface area (Å²) in [6.45, 7) is 3.07. The Balaban J connectivity index is 1.37. The molecule has 1 aliphatic heterocycles. The largest absolute Gasteiger partial charge is 0.355 e. The monoisotopic (exact) mass is 356 g/mol. The van der Waals surface area contributed by atoms with E-state index in [1.165, 1.54) is 43.2 Å². The number of hydrogen-bond acceptors (Lipinski definition) is 3. The maximum atomic E-state index is 12.1. The summed E-state index contributed by atoms with van der Waals surface area (Å²) in [5.74, 6) is 0.704. The molecule has 26 heavy (non-hydrogen) atoms. The Morgan fingerprint density at radius 3 is 2.73 bits per heavy atom. The minimum absolute atomic E-state index is 0.103. The van der Waals surface area contributed by atoms with Crippen molar-refractivity contribution in [3.63, 3.8) is 0 Å². The van der Waals surface area contributed by atoms with Gasteiger partial charge in [0.25, 0.3) is 0 Å². The number of hydrogen-bond donors (Lipinski definition) is 1. The highest BCUT2D eigenvalue weighted by molar-refractivity contribution is 5.76. The SMILES string of the molecule is O=C[C@@H](CNC(=O)CCC1CCCCC1)CN1CCc2ccccc2C1. The number of carbonyl (C=O) groups excluding carboxylic acids is 2. The molecule has 0 bridgehead atoms. The third-order valence-electron chi connectivity index (χ3n) is 5.96. The van der Waals surface area contributed by atoms with Crippen LogP contribution in [0.5, 0.6) is 0 Å². The van der Waals surface area contributed by atoms with Crippen LogP contribution < -0.4 is 5.32 Å². The molecule has 4 heteroatoms. The third kappa shape index (κ3) is 5.66. The van der Waals surface area contributed by atoms with Gasteiger partial charge in [-0.3, -0.25) is 9.69 Å². The highest BCUT2D eigenvalue weighted by Gasteiger charge is 2.20. The molecule has 0 aromatic heterocycles. The predicted octanol–water partition coefficient (Wildman–Crippen LogP) is 3.34. The molecule has 2 aliphatic rings. The Kier molecular flexibility index (Phi) is 7.24. The molecule has 1 aromatic carbocycles. The smallest absolute Gasteiger partial charge is 0.220 e.